The molecule has 1 N–H and O–H groups in total. The van der Waals surface area contributed by atoms with Gasteiger partial charge in [0.2, 0.25) is 0 Å². The molecule has 0 atom stereocenters. The Morgan fingerprint density at radius 1 is 0.963 bits per heavy atom. The van der Waals surface area contributed by atoms with Crippen LogP contribution < -0.4 is 4.72 Å². The van der Waals surface area contributed by atoms with Crippen LogP contribution in [-0.2, 0) is 19.6 Å². The van der Waals surface area contributed by atoms with E-state index in [1.807, 2.05) is 13.8 Å². The second kappa shape index (κ2) is 9.18. The van der Waals surface area contributed by atoms with Crippen LogP contribution in [-0.4, -0.2) is 44.9 Å². The van der Waals surface area contributed by atoms with Gasteiger partial charge in [0.15, 0.2) is 6.61 Å². The number of hydrogen-bond donors (Lipinski definition) is 1. The lowest BCUT2D eigenvalue weighted by Crippen LogP contribution is -2.34. The highest BCUT2D eigenvalue weighted by Gasteiger charge is 2.17. The SMILES string of the molecule is CCN(CC)C(=O)COC(=O)c1ccc(S(=O)(=O)Nc2ccccc2)cc1. The summed E-state index contributed by atoms with van der Waals surface area (Å²) in [6.45, 7) is 4.40. The van der Waals surface area contributed by atoms with Crippen molar-refractivity contribution in [3.8, 4) is 0 Å². The molecule has 0 fully saturated rings. The quantitative estimate of drug-likeness (QED) is 0.699. The number of likely N-dealkylation sites (N-methyl/N-ethyl adjacent to an activating group) is 1. The number of sulfonamides is 1. The summed E-state index contributed by atoms with van der Waals surface area (Å²) in [5, 5.41) is 0. The molecule has 0 heterocycles. The number of carbonyl (C=O) groups is 2. The lowest BCUT2D eigenvalue weighted by atomic mass is 10.2. The van der Waals surface area contributed by atoms with Crippen LogP contribution in [0.3, 0.4) is 0 Å². The number of amides is 1. The summed E-state index contributed by atoms with van der Waals surface area (Å²) in [4.78, 5) is 25.5. The molecule has 2 aromatic carbocycles. The number of para-hydroxylation sites is 1. The zero-order valence-electron chi connectivity index (χ0n) is 15.2. The maximum absolute atomic E-state index is 12.4. The van der Waals surface area contributed by atoms with E-state index in [9.17, 15) is 18.0 Å². The summed E-state index contributed by atoms with van der Waals surface area (Å²) in [6.07, 6.45) is 0. The Bertz CT molecular complexity index is 876. The van der Waals surface area contributed by atoms with Crippen LogP contribution in [0, 0.1) is 0 Å². The fraction of sp³-hybridized carbons (Fsp3) is 0.263. The molecule has 27 heavy (non-hydrogen) atoms. The van der Waals surface area contributed by atoms with Crippen molar-refractivity contribution in [3.05, 3.63) is 60.2 Å². The first-order chi connectivity index (χ1) is 12.9. The molecule has 2 rings (SSSR count). The molecule has 0 aliphatic carbocycles. The van der Waals surface area contributed by atoms with Gasteiger partial charge in [0.05, 0.1) is 10.5 Å². The topological polar surface area (TPSA) is 92.8 Å². The number of esters is 1. The molecule has 0 aliphatic rings. The Balaban J connectivity index is 2.01. The van der Waals surface area contributed by atoms with Gasteiger partial charge in [-0.25, -0.2) is 13.2 Å². The lowest BCUT2D eigenvalue weighted by Gasteiger charge is -2.18. The number of anilines is 1. The maximum atomic E-state index is 12.4. The minimum atomic E-state index is -3.76. The normalized spacial score (nSPS) is 10.9. The molecule has 0 aromatic heterocycles. The van der Waals surface area contributed by atoms with E-state index in [2.05, 4.69) is 4.72 Å². The number of nitrogens with zero attached hydrogens (tertiary/aromatic N) is 1. The van der Waals surface area contributed by atoms with Crippen LogP contribution in [0.5, 0.6) is 0 Å². The molecular formula is C19H22N2O5S. The predicted molar refractivity (Wildman–Crippen MR) is 102 cm³/mol. The fourth-order valence-corrected chi connectivity index (χ4v) is 3.43. The van der Waals surface area contributed by atoms with Crippen LogP contribution in [0.2, 0.25) is 0 Å². The third-order valence-corrected chi connectivity index (χ3v) is 5.27. The number of ether oxygens (including phenoxy) is 1. The monoisotopic (exact) mass is 390 g/mol. The number of carbonyl (C=O) groups excluding carboxylic acids is 2. The van der Waals surface area contributed by atoms with Crippen LogP contribution in [0.25, 0.3) is 0 Å². The van der Waals surface area contributed by atoms with Crippen LogP contribution in [0.15, 0.2) is 59.5 Å². The first kappa shape index (κ1) is 20.4. The number of hydrogen-bond acceptors (Lipinski definition) is 5. The van der Waals surface area contributed by atoms with E-state index < -0.39 is 16.0 Å². The molecule has 144 valence electrons. The van der Waals surface area contributed by atoms with Crippen LogP contribution in [0.1, 0.15) is 24.2 Å². The number of benzene rings is 2. The van der Waals surface area contributed by atoms with Gasteiger partial charge in [-0.2, -0.15) is 0 Å². The lowest BCUT2D eigenvalue weighted by molar-refractivity contribution is -0.134. The van der Waals surface area contributed by atoms with Gasteiger partial charge < -0.3 is 9.64 Å². The van der Waals surface area contributed by atoms with E-state index in [0.717, 1.165) is 0 Å². The van der Waals surface area contributed by atoms with Crippen molar-refractivity contribution >= 4 is 27.6 Å². The second-order valence-electron chi connectivity index (χ2n) is 5.64. The van der Waals surface area contributed by atoms with E-state index in [-0.39, 0.29) is 23.0 Å². The van der Waals surface area contributed by atoms with E-state index in [0.29, 0.717) is 18.8 Å². The van der Waals surface area contributed by atoms with Gasteiger partial charge in [-0.15, -0.1) is 0 Å². The summed E-state index contributed by atoms with van der Waals surface area (Å²) in [6, 6.07) is 13.8. The van der Waals surface area contributed by atoms with E-state index >= 15 is 0 Å². The van der Waals surface area contributed by atoms with Crippen molar-refractivity contribution in [2.45, 2.75) is 18.7 Å². The van der Waals surface area contributed by atoms with Crippen molar-refractivity contribution in [2.75, 3.05) is 24.4 Å². The highest BCUT2D eigenvalue weighted by atomic mass is 32.2. The minimum Gasteiger partial charge on any atom is -0.452 e. The molecule has 0 saturated carbocycles. The summed E-state index contributed by atoms with van der Waals surface area (Å²) < 4.78 is 32.2. The molecule has 0 bridgehead atoms. The molecule has 0 unspecified atom stereocenters. The Hall–Kier alpha value is -2.87. The number of rotatable bonds is 8. The summed E-state index contributed by atoms with van der Waals surface area (Å²) >= 11 is 0. The van der Waals surface area contributed by atoms with Crippen molar-refractivity contribution in [1.82, 2.24) is 4.90 Å². The molecule has 7 nitrogen and oxygen atoms in total. The van der Waals surface area contributed by atoms with Crippen molar-refractivity contribution in [3.63, 3.8) is 0 Å². The maximum Gasteiger partial charge on any atom is 0.338 e. The van der Waals surface area contributed by atoms with E-state index in [1.165, 1.54) is 24.3 Å². The van der Waals surface area contributed by atoms with Gasteiger partial charge in [-0.3, -0.25) is 9.52 Å². The zero-order valence-corrected chi connectivity index (χ0v) is 16.0. The third-order valence-electron chi connectivity index (χ3n) is 3.87. The Morgan fingerprint density at radius 3 is 2.11 bits per heavy atom. The average Bonchev–Trinajstić information content (AvgIpc) is 2.67. The van der Waals surface area contributed by atoms with E-state index in [4.69, 9.17) is 4.74 Å². The number of nitrogens with one attached hydrogen (secondary N) is 1. The third kappa shape index (κ3) is 5.55. The Morgan fingerprint density at radius 2 is 1.56 bits per heavy atom. The average molecular weight is 390 g/mol. The molecular weight excluding hydrogens is 368 g/mol. The van der Waals surface area contributed by atoms with Gasteiger partial charge >= 0.3 is 5.97 Å². The summed E-state index contributed by atoms with van der Waals surface area (Å²) in [5.41, 5.74) is 0.608. The highest BCUT2D eigenvalue weighted by Crippen LogP contribution is 2.16. The van der Waals surface area contributed by atoms with Gasteiger partial charge in [0, 0.05) is 18.8 Å². The first-order valence-electron chi connectivity index (χ1n) is 8.50. The van der Waals surface area contributed by atoms with Crippen molar-refractivity contribution in [1.29, 1.82) is 0 Å². The molecule has 0 saturated heterocycles. The second-order valence-corrected chi connectivity index (χ2v) is 7.32. The van der Waals surface area contributed by atoms with Crippen molar-refractivity contribution < 1.29 is 22.7 Å². The van der Waals surface area contributed by atoms with Gasteiger partial charge in [0.1, 0.15) is 0 Å². The Labute approximate surface area is 159 Å². The molecule has 0 aliphatic heterocycles. The molecule has 0 radical (unpaired) electrons. The predicted octanol–water partition coefficient (Wildman–Crippen LogP) is 2.51. The Kier molecular flexibility index (Phi) is 6.95. The molecule has 2 aromatic rings. The van der Waals surface area contributed by atoms with Crippen molar-refractivity contribution in [2.24, 2.45) is 0 Å². The van der Waals surface area contributed by atoms with Crippen LogP contribution >= 0.6 is 0 Å². The molecule has 0 spiro atoms. The molecule has 8 heteroatoms. The molecule has 1 amide bonds. The zero-order chi connectivity index (χ0) is 19.9. The first-order valence-corrected chi connectivity index (χ1v) is 9.98. The fourth-order valence-electron chi connectivity index (χ4n) is 2.37. The summed E-state index contributed by atoms with van der Waals surface area (Å²) in [7, 11) is -3.76. The largest absolute Gasteiger partial charge is 0.452 e. The van der Waals surface area contributed by atoms with Crippen LogP contribution in [0.4, 0.5) is 5.69 Å². The minimum absolute atomic E-state index is 0.0159. The summed E-state index contributed by atoms with van der Waals surface area (Å²) in [5.74, 6) is -0.963. The van der Waals surface area contributed by atoms with Gasteiger partial charge in [0.25, 0.3) is 15.9 Å². The highest BCUT2D eigenvalue weighted by molar-refractivity contribution is 7.92. The standard InChI is InChI=1S/C19H22N2O5S/c1-3-21(4-2)18(22)14-26-19(23)15-10-12-17(13-11-15)27(24,25)20-16-8-6-5-7-9-16/h5-13,20H,3-4,14H2,1-2H3. The van der Waals surface area contributed by atoms with E-state index in [1.54, 1.807) is 35.2 Å². The smallest absolute Gasteiger partial charge is 0.338 e. The van der Waals surface area contributed by atoms with Gasteiger partial charge in [-0.05, 0) is 50.2 Å². The van der Waals surface area contributed by atoms with Gasteiger partial charge in [-0.1, -0.05) is 18.2 Å².